The lowest BCUT2D eigenvalue weighted by Crippen LogP contribution is -2.12. The molecule has 15 heavy (non-hydrogen) atoms. The molecule has 0 radical (unpaired) electrons. The molecule has 3 heteroatoms. The highest BCUT2D eigenvalue weighted by molar-refractivity contribution is 7.08. The number of nitrogens with two attached hydrogens (primary N) is 1. The van der Waals surface area contributed by atoms with Gasteiger partial charge in [-0.3, -0.25) is 0 Å². The molecule has 0 aliphatic rings. The molecule has 1 aromatic carbocycles. The molecule has 2 rings (SSSR count). The monoisotopic (exact) mass is 221 g/mol. The van der Waals surface area contributed by atoms with Crippen LogP contribution in [0.1, 0.15) is 22.7 Å². The van der Waals surface area contributed by atoms with E-state index in [9.17, 15) is 4.39 Å². The number of benzene rings is 1. The molecule has 0 saturated carbocycles. The molecule has 78 valence electrons. The Morgan fingerprint density at radius 3 is 2.80 bits per heavy atom. The highest BCUT2D eigenvalue weighted by atomic mass is 32.1. The van der Waals surface area contributed by atoms with Crippen LogP contribution in [0.4, 0.5) is 4.39 Å². The summed E-state index contributed by atoms with van der Waals surface area (Å²) in [5, 5.41) is 3.97. The van der Waals surface area contributed by atoms with Gasteiger partial charge in [-0.25, -0.2) is 4.39 Å². The third-order valence-electron chi connectivity index (χ3n) is 2.55. The van der Waals surface area contributed by atoms with Crippen molar-refractivity contribution in [1.29, 1.82) is 0 Å². The minimum absolute atomic E-state index is 0.196. The molecule has 0 aliphatic heterocycles. The maximum atomic E-state index is 13.3. The molecule has 0 fully saturated rings. The lowest BCUT2D eigenvalue weighted by Gasteiger charge is -2.13. The van der Waals surface area contributed by atoms with Crippen molar-refractivity contribution in [3.8, 4) is 0 Å². The molecule has 1 aromatic heterocycles. The van der Waals surface area contributed by atoms with Crippen molar-refractivity contribution in [3.63, 3.8) is 0 Å². The van der Waals surface area contributed by atoms with E-state index in [2.05, 4.69) is 0 Å². The summed E-state index contributed by atoms with van der Waals surface area (Å²) in [5.41, 5.74) is 8.60. The fourth-order valence-corrected chi connectivity index (χ4v) is 2.29. The van der Waals surface area contributed by atoms with Crippen molar-refractivity contribution >= 4 is 11.3 Å². The van der Waals surface area contributed by atoms with Crippen molar-refractivity contribution < 1.29 is 4.39 Å². The zero-order valence-corrected chi connectivity index (χ0v) is 9.22. The van der Waals surface area contributed by atoms with Gasteiger partial charge in [-0.15, -0.1) is 0 Å². The molecule has 0 spiro atoms. The van der Waals surface area contributed by atoms with Gasteiger partial charge in [-0.05, 0) is 46.5 Å². The highest BCUT2D eigenvalue weighted by Crippen LogP contribution is 2.25. The normalized spacial score (nSPS) is 12.7. The SMILES string of the molecule is Cc1c(F)cccc1[C@H](N)c1ccsc1. The number of hydrogen-bond donors (Lipinski definition) is 1. The second kappa shape index (κ2) is 4.13. The molecule has 0 unspecified atom stereocenters. The summed E-state index contributed by atoms with van der Waals surface area (Å²) in [7, 11) is 0. The quantitative estimate of drug-likeness (QED) is 0.827. The maximum Gasteiger partial charge on any atom is 0.126 e. The molecule has 0 bridgehead atoms. The van der Waals surface area contributed by atoms with E-state index < -0.39 is 0 Å². The number of thiophene rings is 1. The van der Waals surface area contributed by atoms with Crippen LogP contribution in [-0.4, -0.2) is 0 Å². The third kappa shape index (κ3) is 1.94. The van der Waals surface area contributed by atoms with Gasteiger partial charge in [0.2, 0.25) is 0 Å². The van der Waals surface area contributed by atoms with Gasteiger partial charge in [0.25, 0.3) is 0 Å². The smallest absolute Gasteiger partial charge is 0.126 e. The maximum absolute atomic E-state index is 13.3. The molecule has 0 amide bonds. The average Bonchev–Trinajstić information content (AvgIpc) is 2.74. The zero-order valence-electron chi connectivity index (χ0n) is 8.41. The van der Waals surface area contributed by atoms with E-state index in [4.69, 9.17) is 5.73 Å². The van der Waals surface area contributed by atoms with Gasteiger partial charge in [-0.1, -0.05) is 12.1 Å². The van der Waals surface area contributed by atoms with Crippen molar-refractivity contribution in [3.05, 3.63) is 57.5 Å². The topological polar surface area (TPSA) is 26.0 Å². The molecule has 1 nitrogen and oxygen atoms in total. The molecule has 0 saturated heterocycles. The summed E-state index contributed by atoms with van der Waals surface area (Å²) in [6, 6.07) is 6.77. The predicted molar refractivity (Wildman–Crippen MR) is 61.5 cm³/mol. The van der Waals surface area contributed by atoms with Crippen LogP contribution in [0.3, 0.4) is 0 Å². The standard InChI is InChI=1S/C12H12FNS/c1-8-10(3-2-4-11(8)13)12(14)9-5-6-15-7-9/h2-7,12H,14H2,1H3/t12-/m1/s1. The van der Waals surface area contributed by atoms with Gasteiger partial charge < -0.3 is 5.73 Å². The van der Waals surface area contributed by atoms with Crippen LogP contribution < -0.4 is 5.73 Å². The fraction of sp³-hybridized carbons (Fsp3) is 0.167. The Labute approximate surface area is 92.4 Å². The van der Waals surface area contributed by atoms with E-state index in [1.165, 1.54) is 6.07 Å². The summed E-state index contributed by atoms with van der Waals surface area (Å²) in [5.74, 6) is -0.196. The van der Waals surface area contributed by atoms with Crippen molar-refractivity contribution in [2.24, 2.45) is 5.73 Å². The van der Waals surface area contributed by atoms with Gasteiger partial charge in [0.1, 0.15) is 5.82 Å². The van der Waals surface area contributed by atoms with Crippen LogP contribution in [0.15, 0.2) is 35.0 Å². The Morgan fingerprint density at radius 1 is 1.33 bits per heavy atom. The minimum atomic E-state index is -0.230. The van der Waals surface area contributed by atoms with Gasteiger partial charge in [0.05, 0.1) is 6.04 Å². The van der Waals surface area contributed by atoms with E-state index >= 15 is 0 Å². The van der Waals surface area contributed by atoms with Gasteiger partial charge in [0, 0.05) is 0 Å². The number of rotatable bonds is 2. The molecular weight excluding hydrogens is 209 g/mol. The first-order valence-corrected chi connectivity index (χ1v) is 5.67. The van der Waals surface area contributed by atoms with Crippen molar-refractivity contribution in [2.45, 2.75) is 13.0 Å². The first-order chi connectivity index (χ1) is 7.20. The Kier molecular flexibility index (Phi) is 2.84. The summed E-state index contributed by atoms with van der Waals surface area (Å²) in [6.07, 6.45) is 0. The lowest BCUT2D eigenvalue weighted by atomic mass is 9.97. The minimum Gasteiger partial charge on any atom is -0.320 e. The van der Waals surface area contributed by atoms with Gasteiger partial charge in [-0.2, -0.15) is 11.3 Å². The predicted octanol–water partition coefficient (Wildman–Crippen LogP) is 3.24. The fourth-order valence-electron chi connectivity index (χ4n) is 1.59. The van der Waals surface area contributed by atoms with Gasteiger partial charge >= 0.3 is 0 Å². The van der Waals surface area contributed by atoms with Crippen molar-refractivity contribution in [1.82, 2.24) is 0 Å². The Hall–Kier alpha value is -1.19. The number of hydrogen-bond acceptors (Lipinski definition) is 2. The molecule has 0 aliphatic carbocycles. The van der Waals surface area contributed by atoms with Crippen LogP contribution in [0.5, 0.6) is 0 Å². The largest absolute Gasteiger partial charge is 0.320 e. The van der Waals surface area contributed by atoms with E-state index in [1.807, 2.05) is 22.9 Å². The number of halogens is 1. The van der Waals surface area contributed by atoms with Crippen LogP contribution in [0.2, 0.25) is 0 Å². The first-order valence-electron chi connectivity index (χ1n) is 4.73. The molecular formula is C12H12FNS. The molecule has 2 N–H and O–H groups in total. The van der Waals surface area contributed by atoms with Gasteiger partial charge in [0.15, 0.2) is 0 Å². The first kappa shape index (κ1) is 10.3. The third-order valence-corrected chi connectivity index (χ3v) is 3.25. The summed E-state index contributed by atoms with van der Waals surface area (Å²) in [6.45, 7) is 1.76. The average molecular weight is 221 g/mol. The van der Waals surface area contributed by atoms with E-state index in [0.29, 0.717) is 5.56 Å². The van der Waals surface area contributed by atoms with E-state index in [1.54, 1.807) is 24.3 Å². The Bertz CT molecular complexity index is 451. The molecule has 1 atom stereocenters. The zero-order chi connectivity index (χ0) is 10.8. The summed E-state index contributed by atoms with van der Waals surface area (Å²) in [4.78, 5) is 0. The Balaban J connectivity index is 2.42. The van der Waals surface area contributed by atoms with E-state index in [-0.39, 0.29) is 11.9 Å². The summed E-state index contributed by atoms with van der Waals surface area (Å²) < 4.78 is 13.3. The highest BCUT2D eigenvalue weighted by Gasteiger charge is 2.13. The Morgan fingerprint density at radius 2 is 2.13 bits per heavy atom. The lowest BCUT2D eigenvalue weighted by molar-refractivity contribution is 0.613. The van der Waals surface area contributed by atoms with E-state index in [0.717, 1.165) is 11.1 Å². The van der Waals surface area contributed by atoms with Crippen molar-refractivity contribution in [2.75, 3.05) is 0 Å². The van der Waals surface area contributed by atoms with Crippen LogP contribution in [-0.2, 0) is 0 Å². The summed E-state index contributed by atoms with van der Waals surface area (Å²) >= 11 is 1.60. The van der Waals surface area contributed by atoms with Crippen LogP contribution in [0, 0.1) is 12.7 Å². The second-order valence-electron chi connectivity index (χ2n) is 3.49. The molecule has 2 aromatic rings. The molecule has 1 heterocycles. The van der Waals surface area contributed by atoms with Crippen LogP contribution >= 0.6 is 11.3 Å². The van der Waals surface area contributed by atoms with Crippen LogP contribution in [0.25, 0.3) is 0 Å². The second-order valence-corrected chi connectivity index (χ2v) is 4.27.